The number of benzene rings is 1. The van der Waals surface area contributed by atoms with Crippen LogP contribution in [0.3, 0.4) is 0 Å². The van der Waals surface area contributed by atoms with Crippen LogP contribution in [0.25, 0.3) is 0 Å². The van der Waals surface area contributed by atoms with Crippen LogP contribution in [0.4, 0.5) is 15.8 Å². The number of aryl methyl sites for hydroxylation is 1. The summed E-state index contributed by atoms with van der Waals surface area (Å²) in [6.45, 7) is 3.20. The first kappa shape index (κ1) is 17.5. The molecule has 2 aromatic rings. The SMILES string of the molecule is Cc1ccc(C(=O)O[C@H](C)C(=O)Nc2ccc(F)c([N+](=O)[O-])c2)s1. The van der Waals surface area contributed by atoms with Crippen molar-refractivity contribution < 1.29 is 23.6 Å². The number of carbonyl (C=O) groups is 2. The third-order valence-electron chi connectivity index (χ3n) is 3.00. The van der Waals surface area contributed by atoms with Gasteiger partial charge in [-0.2, -0.15) is 4.39 Å². The van der Waals surface area contributed by atoms with Gasteiger partial charge in [0.05, 0.1) is 4.92 Å². The number of hydrogen-bond acceptors (Lipinski definition) is 6. The second-order valence-electron chi connectivity index (χ2n) is 4.87. The number of rotatable bonds is 5. The molecule has 0 aliphatic rings. The maximum absolute atomic E-state index is 13.3. The number of ether oxygens (including phenoxy) is 1. The molecule has 126 valence electrons. The molecule has 0 fully saturated rings. The van der Waals surface area contributed by atoms with Crippen LogP contribution < -0.4 is 5.32 Å². The number of carbonyl (C=O) groups excluding carboxylic acids is 2. The fraction of sp³-hybridized carbons (Fsp3) is 0.200. The minimum absolute atomic E-state index is 0.0305. The van der Waals surface area contributed by atoms with Crippen LogP contribution in [0.1, 0.15) is 21.5 Å². The van der Waals surface area contributed by atoms with Gasteiger partial charge in [0.2, 0.25) is 5.82 Å². The van der Waals surface area contributed by atoms with Crippen LogP contribution in [-0.4, -0.2) is 22.9 Å². The molecule has 0 aliphatic carbocycles. The van der Waals surface area contributed by atoms with E-state index >= 15 is 0 Å². The lowest BCUT2D eigenvalue weighted by molar-refractivity contribution is -0.387. The molecule has 1 aromatic heterocycles. The van der Waals surface area contributed by atoms with E-state index in [0.717, 1.165) is 17.0 Å². The summed E-state index contributed by atoms with van der Waals surface area (Å²) in [4.78, 5) is 35.0. The molecule has 0 radical (unpaired) electrons. The van der Waals surface area contributed by atoms with E-state index in [1.165, 1.54) is 24.3 Å². The van der Waals surface area contributed by atoms with E-state index in [2.05, 4.69) is 5.32 Å². The van der Waals surface area contributed by atoms with Crippen molar-refractivity contribution in [2.75, 3.05) is 5.32 Å². The first-order valence-electron chi connectivity index (χ1n) is 6.80. The highest BCUT2D eigenvalue weighted by molar-refractivity contribution is 7.13. The zero-order chi connectivity index (χ0) is 17.9. The molecule has 1 heterocycles. The minimum atomic E-state index is -1.12. The highest BCUT2D eigenvalue weighted by Crippen LogP contribution is 2.22. The number of anilines is 1. The van der Waals surface area contributed by atoms with Crippen LogP contribution >= 0.6 is 11.3 Å². The maximum Gasteiger partial charge on any atom is 0.349 e. The van der Waals surface area contributed by atoms with Gasteiger partial charge in [-0.3, -0.25) is 14.9 Å². The summed E-state index contributed by atoms with van der Waals surface area (Å²) in [6.07, 6.45) is -1.12. The van der Waals surface area contributed by atoms with Crippen molar-refractivity contribution in [2.24, 2.45) is 0 Å². The first-order valence-corrected chi connectivity index (χ1v) is 7.62. The van der Waals surface area contributed by atoms with Crippen molar-refractivity contribution >= 4 is 34.6 Å². The molecule has 2 rings (SSSR count). The Bertz CT molecular complexity index is 805. The zero-order valence-electron chi connectivity index (χ0n) is 12.7. The topological polar surface area (TPSA) is 98.5 Å². The van der Waals surface area contributed by atoms with Crippen LogP contribution in [0, 0.1) is 22.9 Å². The highest BCUT2D eigenvalue weighted by atomic mass is 32.1. The lowest BCUT2D eigenvalue weighted by Gasteiger charge is -2.13. The molecule has 7 nitrogen and oxygen atoms in total. The molecular weight excluding hydrogens is 339 g/mol. The smallest absolute Gasteiger partial charge is 0.349 e. The van der Waals surface area contributed by atoms with E-state index in [1.807, 2.05) is 6.92 Å². The number of nitrogens with zero attached hydrogens (tertiary/aromatic N) is 1. The van der Waals surface area contributed by atoms with Crippen molar-refractivity contribution in [3.05, 3.63) is 56.0 Å². The Morgan fingerprint density at radius 1 is 1.33 bits per heavy atom. The zero-order valence-corrected chi connectivity index (χ0v) is 13.6. The number of thiophene rings is 1. The van der Waals surface area contributed by atoms with Crippen molar-refractivity contribution in [1.82, 2.24) is 0 Å². The summed E-state index contributed by atoms with van der Waals surface area (Å²) in [5.41, 5.74) is -0.727. The lowest BCUT2D eigenvalue weighted by atomic mass is 10.2. The fourth-order valence-corrected chi connectivity index (χ4v) is 2.54. The third-order valence-corrected chi connectivity index (χ3v) is 3.99. The molecule has 0 unspecified atom stereocenters. The van der Waals surface area contributed by atoms with Gasteiger partial charge in [-0.15, -0.1) is 11.3 Å². The highest BCUT2D eigenvalue weighted by Gasteiger charge is 2.21. The van der Waals surface area contributed by atoms with Gasteiger partial charge in [0.15, 0.2) is 6.10 Å². The number of nitro groups is 1. The summed E-state index contributed by atoms with van der Waals surface area (Å²) in [5.74, 6) is -2.33. The van der Waals surface area contributed by atoms with Gasteiger partial charge in [-0.1, -0.05) is 0 Å². The lowest BCUT2D eigenvalue weighted by Crippen LogP contribution is -2.29. The minimum Gasteiger partial charge on any atom is -0.448 e. The number of hydrogen-bond donors (Lipinski definition) is 1. The monoisotopic (exact) mass is 352 g/mol. The molecule has 1 atom stereocenters. The van der Waals surface area contributed by atoms with Crippen LogP contribution in [0.5, 0.6) is 0 Å². The Balaban J connectivity index is 2.02. The van der Waals surface area contributed by atoms with E-state index in [4.69, 9.17) is 4.74 Å². The molecule has 24 heavy (non-hydrogen) atoms. The number of nitrogens with one attached hydrogen (secondary N) is 1. The Hall–Kier alpha value is -2.81. The van der Waals surface area contributed by atoms with Crippen molar-refractivity contribution in [3.8, 4) is 0 Å². The Labute approximate surface area is 140 Å². The summed E-state index contributed by atoms with van der Waals surface area (Å²) >= 11 is 1.24. The molecule has 0 saturated carbocycles. The van der Waals surface area contributed by atoms with Crippen molar-refractivity contribution in [2.45, 2.75) is 20.0 Å². The predicted molar refractivity (Wildman–Crippen MR) is 85.6 cm³/mol. The fourth-order valence-electron chi connectivity index (χ4n) is 1.79. The standard InChI is InChI=1S/C15H13FN2O5S/c1-8-3-6-13(24-8)15(20)23-9(2)14(19)17-10-4-5-11(16)12(7-10)18(21)22/h3-7,9H,1-2H3,(H,17,19)/t9-/m1/s1. The predicted octanol–water partition coefficient (Wildman–Crippen LogP) is 3.29. The quantitative estimate of drug-likeness (QED) is 0.506. The first-order chi connectivity index (χ1) is 11.3. The van der Waals surface area contributed by atoms with Crippen LogP contribution in [0.2, 0.25) is 0 Å². The van der Waals surface area contributed by atoms with E-state index in [9.17, 15) is 24.1 Å². The second-order valence-corrected chi connectivity index (χ2v) is 6.16. The van der Waals surface area contributed by atoms with Crippen LogP contribution in [-0.2, 0) is 9.53 Å². The van der Waals surface area contributed by atoms with Gasteiger partial charge < -0.3 is 10.1 Å². The molecule has 1 N–H and O–H groups in total. The molecule has 0 aliphatic heterocycles. The van der Waals surface area contributed by atoms with Gasteiger partial charge in [-0.05, 0) is 38.1 Å². The number of halogens is 1. The Morgan fingerprint density at radius 3 is 2.62 bits per heavy atom. The van der Waals surface area contributed by atoms with Gasteiger partial charge in [0.1, 0.15) is 4.88 Å². The van der Waals surface area contributed by atoms with E-state index in [-0.39, 0.29) is 5.69 Å². The number of amides is 1. The number of nitro benzene ring substituents is 1. The second kappa shape index (κ2) is 7.18. The summed E-state index contributed by atoms with van der Waals surface area (Å²) in [7, 11) is 0. The van der Waals surface area contributed by atoms with E-state index in [1.54, 1.807) is 12.1 Å². The molecule has 0 saturated heterocycles. The molecule has 0 spiro atoms. The van der Waals surface area contributed by atoms with Gasteiger partial charge in [0.25, 0.3) is 5.91 Å². The molecule has 0 bridgehead atoms. The maximum atomic E-state index is 13.3. The largest absolute Gasteiger partial charge is 0.448 e. The van der Waals surface area contributed by atoms with E-state index in [0.29, 0.717) is 4.88 Å². The molecule has 1 aromatic carbocycles. The van der Waals surface area contributed by atoms with Gasteiger partial charge in [-0.25, -0.2) is 4.79 Å². The Kier molecular flexibility index (Phi) is 5.24. The van der Waals surface area contributed by atoms with Crippen molar-refractivity contribution in [1.29, 1.82) is 0 Å². The third kappa shape index (κ3) is 4.13. The average Bonchev–Trinajstić information content (AvgIpc) is 2.95. The Morgan fingerprint density at radius 2 is 2.04 bits per heavy atom. The van der Waals surface area contributed by atoms with Crippen LogP contribution in [0.15, 0.2) is 30.3 Å². The summed E-state index contributed by atoms with van der Waals surface area (Å²) in [6, 6.07) is 6.29. The summed E-state index contributed by atoms with van der Waals surface area (Å²) < 4.78 is 18.3. The average molecular weight is 352 g/mol. The van der Waals surface area contributed by atoms with Gasteiger partial charge in [0, 0.05) is 16.6 Å². The molecule has 9 heteroatoms. The normalized spacial score (nSPS) is 11.6. The summed E-state index contributed by atoms with van der Waals surface area (Å²) in [5, 5.41) is 13.0. The number of esters is 1. The van der Waals surface area contributed by atoms with Crippen molar-refractivity contribution in [3.63, 3.8) is 0 Å². The molecule has 1 amide bonds. The molecular formula is C15H13FN2O5S. The van der Waals surface area contributed by atoms with Gasteiger partial charge >= 0.3 is 11.7 Å². The van der Waals surface area contributed by atoms with E-state index < -0.39 is 34.4 Å².